The molecule has 0 fully saturated rings. The summed E-state index contributed by atoms with van der Waals surface area (Å²) in [6, 6.07) is 10.9. The minimum Gasteiger partial charge on any atom is -0.490 e. The van der Waals surface area contributed by atoms with Gasteiger partial charge in [-0.25, -0.2) is 9.79 Å². The van der Waals surface area contributed by atoms with Crippen LogP contribution in [0.2, 0.25) is 0 Å². The molecule has 0 saturated heterocycles. The maximum atomic E-state index is 12.2. The average Bonchev–Trinajstić information content (AvgIpc) is 3.46. The number of cyclic esters (lactones) is 1. The van der Waals surface area contributed by atoms with E-state index >= 15 is 0 Å². The Labute approximate surface area is 191 Å². The van der Waals surface area contributed by atoms with Crippen LogP contribution in [-0.4, -0.2) is 28.3 Å². The number of esters is 1. The maximum absolute atomic E-state index is 12.2. The Morgan fingerprint density at radius 1 is 1.03 bits per heavy atom. The lowest BCUT2D eigenvalue weighted by Gasteiger charge is -2.12. The first-order valence-corrected chi connectivity index (χ1v) is 9.79. The first-order chi connectivity index (χ1) is 16.4. The van der Waals surface area contributed by atoms with E-state index in [1.807, 2.05) is 0 Å². The molecule has 0 radical (unpaired) electrons. The van der Waals surface area contributed by atoms with Crippen LogP contribution < -0.4 is 9.47 Å². The van der Waals surface area contributed by atoms with E-state index in [1.165, 1.54) is 18.4 Å². The third-order valence-electron chi connectivity index (χ3n) is 4.49. The molecule has 1 aliphatic rings. The van der Waals surface area contributed by atoms with Crippen LogP contribution in [0.3, 0.4) is 0 Å². The molecule has 2 aromatic carbocycles. The van der Waals surface area contributed by atoms with Crippen LogP contribution in [0.1, 0.15) is 18.2 Å². The highest BCUT2D eigenvalue weighted by Crippen LogP contribution is 2.39. The van der Waals surface area contributed by atoms with Gasteiger partial charge in [-0.15, -0.1) is 0 Å². The van der Waals surface area contributed by atoms with Gasteiger partial charge in [0.05, 0.1) is 28.8 Å². The van der Waals surface area contributed by atoms with Gasteiger partial charge in [0.1, 0.15) is 0 Å². The zero-order chi connectivity index (χ0) is 24.2. The molecule has 1 aliphatic heterocycles. The first-order valence-electron chi connectivity index (χ1n) is 9.79. The molecule has 0 atom stereocenters. The van der Waals surface area contributed by atoms with Crippen molar-refractivity contribution in [2.45, 2.75) is 6.92 Å². The number of aliphatic imine (C=N–C) groups is 1. The van der Waals surface area contributed by atoms with Crippen LogP contribution in [0.25, 0.3) is 6.08 Å². The van der Waals surface area contributed by atoms with Crippen molar-refractivity contribution in [1.29, 1.82) is 0 Å². The molecule has 12 heteroatoms. The van der Waals surface area contributed by atoms with Crippen molar-refractivity contribution in [3.8, 4) is 17.2 Å². The summed E-state index contributed by atoms with van der Waals surface area (Å²) < 4.78 is 21.5. The Kier molecular flexibility index (Phi) is 6.03. The molecule has 0 N–H and O–H groups in total. The average molecular weight is 465 g/mol. The Morgan fingerprint density at radius 3 is 2.50 bits per heavy atom. The quantitative estimate of drug-likeness (QED) is 0.200. The summed E-state index contributed by atoms with van der Waals surface area (Å²) in [4.78, 5) is 37.1. The topological polar surface area (TPSA) is 157 Å². The van der Waals surface area contributed by atoms with Crippen molar-refractivity contribution in [2.75, 3.05) is 6.61 Å². The number of nitro benzene ring substituents is 2. The molecule has 0 amide bonds. The number of ether oxygens (including phenoxy) is 3. The minimum absolute atomic E-state index is 0.0357. The van der Waals surface area contributed by atoms with E-state index in [9.17, 15) is 25.0 Å². The van der Waals surface area contributed by atoms with Gasteiger partial charge in [0, 0.05) is 6.07 Å². The first kappa shape index (κ1) is 22.2. The predicted octanol–water partition coefficient (Wildman–Crippen LogP) is 4.63. The number of non-ortho nitro benzene ring substituents is 1. The van der Waals surface area contributed by atoms with Crippen LogP contribution in [0.5, 0.6) is 17.2 Å². The van der Waals surface area contributed by atoms with E-state index < -0.39 is 27.2 Å². The molecule has 2 heterocycles. The molecule has 0 aliphatic carbocycles. The maximum Gasteiger partial charge on any atom is 0.363 e. The summed E-state index contributed by atoms with van der Waals surface area (Å²) >= 11 is 0. The highest BCUT2D eigenvalue weighted by Gasteiger charge is 2.26. The smallest absolute Gasteiger partial charge is 0.363 e. The van der Waals surface area contributed by atoms with Crippen molar-refractivity contribution in [3.05, 3.63) is 92.0 Å². The summed E-state index contributed by atoms with van der Waals surface area (Å²) in [5, 5.41) is 22.3. The van der Waals surface area contributed by atoms with Crippen molar-refractivity contribution < 1.29 is 33.3 Å². The molecule has 4 rings (SSSR count). The van der Waals surface area contributed by atoms with Crippen molar-refractivity contribution in [3.63, 3.8) is 0 Å². The molecule has 172 valence electrons. The summed E-state index contributed by atoms with van der Waals surface area (Å²) in [7, 11) is 0. The monoisotopic (exact) mass is 465 g/mol. The van der Waals surface area contributed by atoms with Crippen LogP contribution in [0, 0.1) is 20.2 Å². The second kappa shape index (κ2) is 9.24. The normalized spacial score (nSPS) is 14.0. The van der Waals surface area contributed by atoms with Gasteiger partial charge < -0.3 is 18.6 Å². The molecule has 1 aromatic heterocycles. The van der Waals surface area contributed by atoms with Crippen molar-refractivity contribution >= 4 is 29.3 Å². The lowest BCUT2D eigenvalue weighted by Crippen LogP contribution is -2.04. The summed E-state index contributed by atoms with van der Waals surface area (Å²) in [6.45, 7) is 1.99. The van der Waals surface area contributed by atoms with E-state index in [-0.39, 0.29) is 35.5 Å². The van der Waals surface area contributed by atoms with E-state index in [0.29, 0.717) is 11.3 Å². The minimum atomic E-state index is -0.776. The summed E-state index contributed by atoms with van der Waals surface area (Å²) in [6.07, 6.45) is 2.90. The molecule has 0 saturated carbocycles. The van der Waals surface area contributed by atoms with Gasteiger partial charge in [0.25, 0.3) is 11.6 Å². The SMILES string of the molecule is CCOc1cc(/C=C2\N=C(c3ccco3)OC2=O)ccc1Oc1ccc([N+](=O)[O-])cc1[N+](=O)[O-]. The van der Waals surface area contributed by atoms with Crippen LogP contribution >= 0.6 is 0 Å². The third-order valence-corrected chi connectivity index (χ3v) is 4.49. The van der Waals surface area contributed by atoms with Gasteiger partial charge in [0.15, 0.2) is 23.0 Å². The molecular formula is C22H15N3O9. The fraction of sp³-hybridized carbons (Fsp3) is 0.0909. The van der Waals surface area contributed by atoms with E-state index in [0.717, 1.165) is 18.2 Å². The zero-order valence-corrected chi connectivity index (χ0v) is 17.5. The van der Waals surface area contributed by atoms with Gasteiger partial charge in [-0.1, -0.05) is 6.07 Å². The van der Waals surface area contributed by atoms with Crippen LogP contribution in [0.15, 0.2) is 69.9 Å². The lowest BCUT2D eigenvalue weighted by molar-refractivity contribution is -0.394. The van der Waals surface area contributed by atoms with E-state index in [1.54, 1.807) is 31.2 Å². The number of carbonyl (C=O) groups is 1. The number of carbonyl (C=O) groups excluding carboxylic acids is 1. The van der Waals surface area contributed by atoms with Gasteiger partial charge in [-0.3, -0.25) is 20.2 Å². The highest BCUT2D eigenvalue weighted by molar-refractivity contribution is 6.11. The second-order valence-electron chi connectivity index (χ2n) is 6.72. The van der Waals surface area contributed by atoms with E-state index in [4.69, 9.17) is 18.6 Å². The number of hydrogen-bond acceptors (Lipinski definition) is 10. The number of hydrogen-bond donors (Lipinski definition) is 0. The van der Waals surface area contributed by atoms with Crippen LogP contribution in [-0.2, 0) is 9.53 Å². The molecule has 3 aromatic rings. The molecule has 0 bridgehead atoms. The molecule has 12 nitrogen and oxygen atoms in total. The zero-order valence-electron chi connectivity index (χ0n) is 17.5. The number of benzene rings is 2. The van der Waals surface area contributed by atoms with Crippen LogP contribution in [0.4, 0.5) is 11.4 Å². The number of nitrogens with zero attached hydrogens (tertiary/aromatic N) is 3. The Balaban J connectivity index is 1.65. The Hall–Kier alpha value is -5.00. The van der Waals surface area contributed by atoms with Crippen molar-refractivity contribution in [1.82, 2.24) is 0 Å². The lowest BCUT2D eigenvalue weighted by atomic mass is 10.1. The highest BCUT2D eigenvalue weighted by atomic mass is 16.6. The third kappa shape index (κ3) is 4.60. The van der Waals surface area contributed by atoms with Gasteiger partial charge in [-0.2, -0.15) is 0 Å². The van der Waals surface area contributed by atoms with E-state index in [2.05, 4.69) is 4.99 Å². The summed E-state index contributed by atoms with van der Waals surface area (Å²) in [5.74, 6) is -0.154. The number of nitro groups is 2. The van der Waals surface area contributed by atoms with Gasteiger partial charge in [-0.05, 0) is 48.9 Å². The Morgan fingerprint density at radius 2 is 1.82 bits per heavy atom. The fourth-order valence-electron chi connectivity index (χ4n) is 3.01. The van der Waals surface area contributed by atoms with Gasteiger partial charge in [0.2, 0.25) is 5.75 Å². The largest absolute Gasteiger partial charge is 0.490 e. The predicted molar refractivity (Wildman–Crippen MR) is 117 cm³/mol. The fourth-order valence-corrected chi connectivity index (χ4v) is 3.01. The Bertz CT molecular complexity index is 1340. The molecule has 0 unspecified atom stereocenters. The summed E-state index contributed by atoms with van der Waals surface area (Å²) in [5.41, 5.74) is -0.459. The molecule has 34 heavy (non-hydrogen) atoms. The number of rotatable bonds is 8. The van der Waals surface area contributed by atoms with Crippen molar-refractivity contribution in [2.24, 2.45) is 4.99 Å². The number of furan rings is 1. The standard InChI is InChI=1S/C22H15N3O9/c1-2-31-20-11-13(10-15-22(26)34-21(23-15)19-4-3-9-32-19)5-7-18(20)33-17-8-6-14(24(27)28)12-16(17)25(29)30/h3-12H,2H2,1H3/b15-10-. The van der Waals surface area contributed by atoms with Gasteiger partial charge >= 0.3 is 11.7 Å². The second-order valence-corrected chi connectivity index (χ2v) is 6.72. The molecular weight excluding hydrogens is 450 g/mol. The molecule has 0 spiro atoms.